The first kappa shape index (κ1) is 15.4. The van der Waals surface area contributed by atoms with Crippen LogP contribution in [-0.4, -0.2) is 32.5 Å². The summed E-state index contributed by atoms with van der Waals surface area (Å²) in [7, 11) is 0. The molecular formula is C15H28N4O. The first-order valence-electron chi connectivity index (χ1n) is 7.70. The molecular weight excluding hydrogens is 252 g/mol. The van der Waals surface area contributed by atoms with Crippen molar-refractivity contribution in [3.05, 3.63) is 12.2 Å². The maximum absolute atomic E-state index is 10.8. The van der Waals surface area contributed by atoms with Crippen LogP contribution in [0, 0.1) is 10.8 Å². The van der Waals surface area contributed by atoms with Gasteiger partial charge >= 0.3 is 0 Å². The minimum Gasteiger partial charge on any atom is -0.392 e. The Balaban J connectivity index is 2.25. The van der Waals surface area contributed by atoms with Crippen molar-refractivity contribution in [1.82, 2.24) is 14.8 Å². The van der Waals surface area contributed by atoms with Crippen LogP contribution in [-0.2, 0) is 13.0 Å². The van der Waals surface area contributed by atoms with Crippen LogP contribution in [0.25, 0.3) is 0 Å². The van der Waals surface area contributed by atoms with Crippen molar-refractivity contribution >= 4 is 0 Å². The number of nitrogens with zero attached hydrogens (tertiary/aromatic N) is 3. The fraction of sp³-hybridized carbons (Fsp3) is 0.867. The monoisotopic (exact) mass is 280 g/mol. The van der Waals surface area contributed by atoms with Gasteiger partial charge in [-0.25, -0.2) is 4.98 Å². The summed E-state index contributed by atoms with van der Waals surface area (Å²) >= 11 is 0. The Morgan fingerprint density at radius 1 is 1.45 bits per heavy atom. The molecule has 0 aliphatic heterocycles. The van der Waals surface area contributed by atoms with Crippen LogP contribution in [0.15, 0.2) is 6.33 Å². The van der Waals surface area contributed by atoms with Gasteiger partial charge in [0.1, 0.15) is 12.2 Å². The summed E-state index contributed by atoms with van der Waals surface area (Å²) in [6.07, 6.45) is 6.10. The van der Waals surface area contributed by atoms with E-state index in [2.05, 4.69) is 30.9 Å². The van der Waals surface area contributed by atoms with E-state index in [9.17, 15) is 5.11 Å². The van der Waals surface area contributed by atoms with Gasteiger partial charge in [0, 0.05) is 24.9 Å². The van der Waals surface area contributed by atoms with E-state index >= 15 is 0 Å². The lowest BCUT2D eigenvalue weighted by Gasteiger charge is -2.49. The number of aromatic nitrogens is 3. The highest BCUT2D eigenvalue weighted by Gasteiger charge is 2.48. The molecule has 1 aromatic heterocycles. The van der Waals surface area contributed by atoms with Crippen molar-refractivity contribution in [3.8, 4) is 0 Å². The lowest BCUT2D eigenvalue weighted by atomic mass is 9.59. The molecule has 2 unspecified atom stereocenters. The molecule has 0 aromatic carbocycles. The van der Waals surface area contributed by atoms with E-state index < -0.39 is 0 Å². The van der Waals surface area contributed by atoms with Crippen LogP contribution >= 0.6 is 0 Å². The van der Waals surface area contributed by atoms with E-state index in [1.54, 1.807) is 6.33 Å². The van der Waals surface area contributed by atoms with Gasteiger partial charge in [0.2, 0.25) is 0 Å². The minimum atomic E-state index is -0.388. The predicted molar refractivity (Wildman–Crippen MR) is 79.1 cm³/mol. The molecule has 3 N–H and O–H groups in total. The average molecular weight is 280 g/mol. The highest BCUT2D eigenvalue weighted by molar-refractivity contribution is 5.04. The van der Waals surface area contributed by atoms with Crippen LogP contribution in [0.4, 0.5) is 0 Å². The summed E-state index contributed by atoms with van der Waals surface area (Å²) in [5.74, 6) is 0.953. The number of aliphatic hydroxyl groups is 1. The van der Waals surface area contributed by atoms with E-state index in [-0.39, 0.29) is 16.9 Å². The summed E-state index contributed by atoms with van der Waals surface area (Å²) in [5, 5.41) is 15.1. The normalized spacial score (nSPS) is 29.6. The molecule has 114 valence electrons. The van der Waals surface area contributed by atoms with Gasteiger partial charge in [-0.1, -0.05) is 27.2 Å². The maximum atomic E-state index is 10.8. The summed E-state index contributed by atoms with van der Waals surface area (Å²) in [6.45, 7) is 7.77. The second kappa shape index (κ2) is 5.82. The molecule has 1 saturated carbocycles. The van der Waals surface area contributed by atoms with E-state index in [1.807, 2.05) is 4.68 Å². The molecule has 1 aromatic rings. The van der Waals surface area contributed by atoms with E-state index in [1.165, 1.54) is 0 Å². The topological polar surface area (TPSA) is 77.0 Å². The summed E-state index contributed by atoms with van der Waals surface area (Å²) in [4.78, 5) is 4.39. The smallest absolute Gasteiger partial charge is 0.138 e. The van der Waals surface area contributed by atoms with Crippen LogP contribution in [0.5, 0.6) is 0 Å². The molecule has 0 amide bonds. The molecule has 5 heteroatoms. The van der Waals surface area contributed by atoms with Gasteiger partial charge < -0.3 is 10.8 Å². The third kappa shape index (κ3) is 2.74. The lowest BCUT2D eigenvalue weighted by Crippen LogP contribution is -2.53. The van der Waals surface area contributed by atoms with Crippen molar-refractivity contribution in [2.75, 3.05) is 6.54 Å². The molecule has 20 heavy (non-hydrogen) atoms. The summed E-state index contributed by atoms with van der Waals surface area (Å²) < 4.78 is 1.95. The second-order valence-corrected chi connectivity index (χ2v) is 6.89. The van der Waals surface area contributed by atoms with Gasteiger partial charge in [-0.15, -0.1) is 0 Å². The Morgan fingerprint density at radius 3 is 2.85 bits per heavy atom. The lowest BCUT2D eigenvalue weighted by molar-refractivity contribution is -0.0896. The summed E-state index contributed by atoms with van der Waals surface area (Å²) in [6, 6.07) is 0. The third-order valence-corrected chi connectivity index (χ3v) is 4.86. The molecule has 5 nitrogen and oxygen atoms in total. The van der Waals surface area contributed by atoms with Gasteiger partial charge in [-0.05, 0) is 24.7 Å². The van der Waals surface area contributed by atoms with Crippen LogP contribution in [0.3, 0.4) is 0 Å². The molecule has 1 aliphatic rings. The zero-order valence-electron chi connectivity index (χ0n) is 13.0. The van der Waals surface area contributed by atoms with E-state index in [0.29, 0.717) is 13.0 Å². The van der Waals surface area contributed by atoms with Gasteiger partial charge in [0.15, 0.2) is 0 Å². The number of aryl methyl sites for hydroxylation is 1. The molecule has 1 heterocycles. The Morgan fingerprint density at radius 2 is 2.20 bits per heavy atom. The number of aliphatic hydroxyl groups excluding tert-OH is 1. The highest BCUT2D eigenvalue weighted by atomic mass is 16.3. The molecule has 0 radical (unpaired) electrons. The molecule has 1 aliphatic carbocycles. The van der Waals surface area contributed by atoms with Crippen LogP contribution < -0.4 is 5.73 Å². The fourth-order valence-corrected chi connectivity index (χ4v) is 3.61. The van der Waals surface area contributed by atoms with Crippen molar-refractivity contribution in [3.63, 3.8) is 0 Å². The maximum Gasteiger partial charge on any atom is 0.138 e. The Bertz CT molecular complexity index is 443. The van der Waals surface area contributed by atoms with Crippen molar-refractivity contribution in [2.45, 2.75) is 65.5 Å². The van der Waals surface area contributed by atoms with E-state index in [0.717, 1.165) is 38.1 Å². The van der Waals surface area contributed by atoms with Gasteiger partial charge in [0.25, 0.3) is 0 Å². The quantitative estimate of drug-likeness (QED) is 0.861. The first-order valence-corrected chi connectivity index (χ1v) is 7.70. The van der Waals surface area contributed by atoms with Crippen molar-refractivity contribution in [2.24, 2.45) is 16.6 Å². The fourth-order valence-electron chi connectivity index (χ4n) is 3.61. The Hall–Kier alpha value is -0.940. The Kier molecular flexibility index (Phi) is 4.49. The number of rotatable bonds is 5. The standard InChI is InChI=1S/C15H28N4O/c1-4-8-19-12(17-11-18-19)9-15(10-16)7-5-6-14(2,3)13(15)20/h11,13,20H,4-10,16H2,1-3H3. The number of nitrogens with two attached hydrogens (primary N) is 1. The summed E-state index contributed by atoms with van der Waals surface area (Å²) in [5.41, 5.74) is 5.73. The first-order chi connectivity index (χ1) is 9.45. The minimum absolute atomic E-state index is 0.0762. The molecule has 0 bridgehead atoms. The molecule has 0 spiro atoms. The van der Waals surface area contributed by atoms with Gasteiger partial charge in [-0.3, -0.25) is 4.68 Å². The molecule has 2 rings (SSSR count). The zero-order chi connectivity index (χ0) is 14.8. The largest absolute Gasteiger partial charge is 0.392 e. The van der Waals surface area contributed by atoms with Gasteiger partial charge in [0.05, 0.1) is 6.10 Å². The Labute approximate surface area is 121 Å². The van der Waals surface area contributed by atoms with Crippen molar-refractivity contribution < 1.29 is 5.11 Å². The van der Waals surface area contributed by atoms with Gasteiger partial charge in [-0.2, -0.15) is 5.10 Å². The zero-order valence-corrected chi connectivity index (χ0v) is 13.0. The van der Waals surface area contributed by atoms with Crippen LogP contribution in [0.2, 0.25) is 0 Å². The number of hydrogen-bond donors (Lipinski definition) is 2. The highest BCUT2D eigenvalue weighted by Crippen LogP contribution is 2.47. The molecule has 2 atom stereocenters. The predicted octanol–water partition coefficient (Wildman–Crippen LogP) is 1.75. The number of hydrogen-bond acceptors (Lipinski definition) is 4. The second-order valence-electron chi connectivity index (χ2n) is 6.89. The third-order valence-electron chi connectivity index (χ3n) is 4.86. The molecule has 1 fully saturated rings. The van der Waals surface area contributed by atoms with E-state index in [4.69, 9.17) is 5.73 Å². The van der Waals surface area contributed by atoms with Crippen molar-refractivity contribution in [1.29, 1.82) is 0 Å². The SMILES string of the molecule is CCCn1ncnc1CC1(CN)CCCC(C)(C)C1O. The molecule has 0 saturated heterocycles. The van der Waals surface area contributed by atoms with Crippen LogP contribution in [0.1, 0.15) is 52.3 Å². The average Bonchev–Trinajstić information content (AvgIpc) is 2.83.